The minimum Gasteiger partial charge on any atom is -0.354 e. The van der Waals surface area contributed by atoms with Gasteiger partial charge in [0.05, 0.1) is 5.75 Å². The standard InChI is InChI=1S/C18H31N3O2S.HI/c1-5-6-7-8-15(2)21-18(19-3)20-13-16-9-11-17(12-10-16)14-24(4,22)23;/h9-12,15H,5-8,13-14H2,1-4H3,(H2,19,20,21);1H. The Morgan fingerprint density at radius 2 is 1.76 bits per heavy atom. The Labute approximate surface area is 170 Å². The first kappa shape index (κ1) is 24.2. The third-order valence-corrected chi connectivity index (χ3v) is 4.62. The summed E-state index contributed by atoms with van der Waals surface area (Å²) in [6.45, 7) is 5.03. The molecule has 1 atom stereocenters. The second-order valence-corrected chi connectivity index (χ2v) is 8.49. The van der Waals surface area contributed by atoms with Crippen molar-refractivity contribution in [1.82, 2.24) is 10.6 Å². The SMILES string of the molecule is CCCCCC(C)NC(=NC)NCc1ccc(CS(C)(=O)=O)cc1.I. The Morgan fingerprint density at radius 3 is 2.28 bits per heavy atom. The highest BCUT2D eigenvalue weighted by atomic mass is 127. The molecule has 144 valence electrons. The molecule has 0 heterocycles. The van der Waals surface area contributed by atoms with Gasteiger partial charge in [-0.25, -0.2) is 8.42 Å². The third-order valence-electron chi connectivity index (χ3n) is 3.76. The van der Waals surface area contributed by atoms with Gasteiger partial charge in [0.25, 0.3) is 0 Å². The van der Waals surface area contributed by atoms with Crippen molar-refractivity contribution >= 4 is 39.8 Å². The van der Waals surface area contributed by atoms with Crippen LogP contribution in [0.15, 0.2) is 29.3 Å². The highest BCUT2D eigenvalue weighted by Gasteiger charge is 2.06. The summed E-state index contributed by atoms with van der Waals surface area (Å²) >= 11 is 0. The molecule has 25 heavy (non-hydrogen) atoms. The minimum atomic E-state index is -2.99. The number of guanidine groups is 1. The van der Waals surface area contributed by atoms with Crippen LogP contribution in [-0.4, -0.2) is 33.7 Å². The highest BCUT2D eigenvalue weighted by Crippen LogP contribution is 2.08. The van der Waals surface area contributed by atoms with Crippen molar-refractivity contribution in [2.75, 3.05) is 13.3 Å². The third kappa shape index (κ3) is 11.4. The van der Waals surface area contributed by atoms with Gasteiger partial charge in [-0.2, -0.15) is 0 Å². The van der Waals surface area contributed by atoms with E-state index < -0.39 is 9.84 Å². The van der Waals surface area contributed by atoms with Gasteiger partial charge in [0.15, 0.2) is 15.8 Å². The van der Waals surface area contributed by atoms with Crippen LogP contribution in [0, 0.1) is 0 Å². The summed E-state index contributed by atoms with van der Waals surface area (Å²) in [6, 6.07) is 8.01. The molecular formula is C18H32IN3O2S. The fourth-order valence-corrected chi connectivity index (χ4v) is 3.24. The molecule has 0 spiro atoms. The van der Waals surface area contributed by atoms with Crippen molar-refractivity contribution in [3.05, 3.63) is 35.4 Å². The van der Waals surface area contributed by atoms with Gasteiger partial charge in [-0.15, -0.1) is 24.0 Å². The predicted molar refractivity (Wildman–Crippen MR) is 117 cm³/mol. The summed E-state index contributed by atoms with van der Waals surface area (Å²) < 4.78 is 22.6. The fraction of sp³-hybridized carbons (Fsp3) is 0.611. The minimum absolute atomic E-state index is 0. The Balaban J connectivity index is 0.00000576. The Morgan fingerprint density at radius 1 is 1.16 bits per heavy atom. The van der Waals surface area contributed by atoms with Gasteiger partial charge in [0.1, 0.15) is 0 Å². The van der Waals surface area contributed by atoms with Crippen LogP contribution in [0.25, 0.3) is 0 Å². The molecule has 0 aliphatic heterocycles. The van der Waals surface area contributed by atoms with E-state index in [1.165, 1.54) is 25.5 Å². The zero-order valence-electron chi connectivity index (χ0n) is 15.7. The summed E-state index contributed by atoms with van der Waals surface area (Å²) in [6.07, 6.45) is 6.10. The van der Waals surface area contributed by atoms with Crippen molar-refractivity contribution in [3.8, 4) is 0 Å². The van der Waals surface area contributed by atoms with E-state index in [1.54, 1.807) is 7.05 Å². The summed E-state index contributed by atoms with van der Waals surface area (Å²) in [5, 5.41) is 6.69. The zero-order valence-corrected chi connectivity index (χ0v) is 18.9. The van der Waals surface area contributed by atoms with Gasteiger partial charge >= 0.3 is 0 Å². The van der Waals surface area contributed by atoms with Gasteiger partial charge in [0, 0.05) is 25.9 Å². The summed E-state index contributed by atoms with van der Waals surface area (Å²) in [5.74, 6) is 0.873. The number of aliphatic imine (C=N–C) groups is 1. The zero-order chi connectivity index (χ0) is 18.0. The van der Waals surface area contributed by atoms with Crippen LogP contribution >= 0.6 is 24.0 Å². The number of nitrogens with zero attached hydrogens (tertiary/aromatic N) is 1. The number of sulfone groups is 1. The lowest BCUT2D eigenvalue weighted by atomic mass is 10.1. The lowest BCUT2D eigenvalue weighted by molar-refractivity contribution is 0.546. The van der Waals surface area contributed by atoms with Crippen LogP contribution in [0.5, 0.6) is 0 Å². The second-order valence-electron chi connectivity index (χ2n) is 6.35. The summed E-state index contributed by atoms with van der Waals surface area (Å²) in [7, 11) is -1.22. The molecule has 0 aromatic heterocycles. The van der Waals surface area contributed by atoms with E-state index in [0.29, 0.717) is 12.6 Å². The Bertz CT molecular complexity index is 616. The molecule has 5 nitrogen and oxygen atoms in total. The Kier molecular flexibility index (Phi) is 12.1. The van der Waals surface area contributed by atoms with E-state index in [0.717, 1.165) is 23.5 Å². The van der Waals surface area contributed by atoms with Gasteiger partial charge in [0.2, 0.25) is 0 Å². The number of rotatable bonds is 9. The number of halogens is 1. The first-order chi connectivity index (χ1) is 11.3. The normalized spacial score (nSPS) is 13.0. The van der Waals surface area contributed by atoms with Crippen molar-refractivity contribution < 1.29 is 8.42 Å². The fourth-order valence-electron chi connectivity index (χ4n) is 2.44. The highest BCUT2D eigenvalue weighted by molar-refractivity contribution is 14.0. The lowest BCUT2D eigenvalue weighted by Crippen LogP contribution is -2.41. The maximum absolute atomic E-state index is 11.3. The van der Waals surface area contributed by atoms with Crippen LogP contribution in [0.4, 0.5) is 0 Å². The molecule has 2 N–H and O–H groups in total. The molecule has 7 heteroatoms. The van der Waals surface area contributed by atoms with Crippen molar-refractivity contribution in [2.24, 2.45) is 4.99 Å². The van der Waals surface area contributed by atoms with Crippen LogP contribution in [0.3, 0.4) is 0 Å². The molecule has 1 aromatic rings. The van der Waals surface area contributed by atoms with Crippen LogP contribution < -0.4 is 10.6 Å². The largest absolute Gasteiger partial charge is 0.354 e. The molecule has 1 aromatic carbocycles. The molecule has 1 rings (SSSR count). The van der Waals surface area contributed by atoms with Crippen LogP contribution in [0.1, 0.15) is 50.7 Å². The molecule has 0 radical (unpaired) electrons. The monoisotopic (exact) mass is 481 g/mol. The number of nitrogens with one attached hydrogen (secondary N) is 2. The second kappa shape index (κ2) is 12.5. The number of unbranched alkanes of at least 4 members (excludes halogenated alkanes) is 2. The van der Waals surface area contributed by atoms with Crippen molar-refractivity contribution in [1.29, 1.82) is 0 Å². The molecule has 0 bridgehead atoms. The van der Waals surface area contributed by atoms with E-state index in [9.17, 15) is 8.42 Å². The van der Waals surface area contributed by atoms with E-state index >= 15 is 0 Å². The van der Waals surface area contributed by atoms with Gasteiger partial charge in [-0.3, -0.25) is 4.99 Å². The van der Waals surface area contributed by atoms with Gasteiger partial charge in [-0.05, 0) is 24.5 Å². The van der Waals surface area contributed by atoms with E-state index in [1.807, 2.05) is 24.3 Å². The lowest BCUT2D eigenvalue weighted by Gasteiger charge is -2.18. The average molecular weight is 481 g/mol. The maximum Gasteiger partial charge on any atom is 0.191 e. The quantitative estimate of drug-likeness (QED) is 0.245. The molecule has 0 amide bonds. The first-order valence-corrected chi connectivity index (χ1v) is 10.6. The van der Waals surface area contributed by atoms with Gasteiger partial charge in [-0.1, -0.05) is 50.5 Å². The smallest absolute Gasteiger partial charge is 0.191 e. The molecule has 0 saturated heterocycles. The molecule has 0 aliphatic carbocycles. The summed E-state index contributed by atoms with van der Waals surface area (Å²) in [4.78, 5) is 4.25. The van der Waals surface area contributed by atoms with Crippen molar-refractivity contribution in [3.63, 3.8) is 0 Å². The Hall–Kier alpha value is -0.830. The number of benzene rings is 1. The molecule has 1 unspecified atom stereocenters. The molecule has 0 fully saturated rings. The van der Waals surface area contributed by atoms with E-state index in [4.69, 9.17) is 0 Å². The average Bonchev–Trinajstić information content (AvgIpc) is 2.51. The van der Waals surface area contributed by atoms with Gasteiger partial charge < -0.3 is 10.6 Å². The van der Waals surface area contributed by atoms with Crippen molar-refractivity contribution in [2.45, 2.75) is 57.9 Å². The molecular weight excluding hydrogens is 449 g/mol. The topological polar surface area (TPSA) is 70.6 Å². The molecule has 0 aliphatic rings. The van der Waals surface area contributed by atoms with Crippen LogP contribution in [0.2, 0.25) is 0 Å². The number of hydrogen-bond acceptors (Lipinski definition) is 3. The summed E-state index contributed by atoms with van der Waals surface area (Å²) in [5.41, 5.74) is 1.90. The predicted octanol–water partition coefficient (Wildman–Crippen LogP) is 3.48. The van der Waals surface area contributed by atoms with Crippen LogP contribution in [-0.2, 0) is 22.1 Å². The first-order valence-electron chi connectivity index (χ1n) is 8.56. The molecule has 0 saturated carbocycles. The number of hydrogen-bond donors (Lipinski definition) is 2. The van der Waals surface area contributed by atoms with E-state index in [2.05, 4.69) is 29.5 Å². The maximum atomic E-state index is 11.3. The van der Waals surface area contributed by atoms with E-state index in [-0.39, 0.29) is 29.7 Å².